The summed E-state index contributed by atoms with van der Waals surface area (Å²) in [7, 11) is 0. The molecule has 0 bridgehead atoms. The molecule has 0 saturated heterocycles. The molecular formula is C12H16Cl2N2O2. The fourth-order valence-electron chi connectivity index (χ4n) is 1.47. The molecular weight excluding hydrogens is 275 g/mol. The van der Waals surface area contributed by atoms with E-state index in [2.05, 4.69) is 4.98 Å². The van der Waals surface area contributed by atoms with E-state index in [0.29, 0.717) is 22.5 Å². The molecule has 1 rings (SSSR count). The van der Waals surface area contributed by atoms with Gasteiger partial charge >= 0.3 is 5.97 Å². The molecule has 0 saturated carbocycles. The highest BCUT2D eigenvalue weighted by molar-refractivity contribution is 6.36. The van der Waals surface area contributed by atoms with Gasteiger partial charge in [0.2, 0.25) is 0 Å². The summed E-state index contributed by atoms with van der Waals surface area (Å²) in [4.78, 5) is 17.5. The molecule has 6 heteroatoms. The monoisotopic (exact) mass is 290 g/mol. The molecule has 1 aromatic rings. The first-order chi connectivity index (χ1) is 8.45. The van der Waals surface area contributed by atoms with Crippen molar-refractivity contribution in [2.24, 2.45) is 0 Å². The van der Waals surface area contributed by atoms with Crippen LogP contribution in [0.4, 0.5) is 5.82 Å². The van der Waals surface area contributed by atoms with Crippen molar-refractivity contribution in [3.8, 4) is 0 Å². The summed E-state index contributed by atoms with van der Waals surface area (Å²) < 4.78 is 4.93. The maximum atomic E-state index is 11.5. The average molecular weight is 291 g/mol. The SMILES string of the molecule is CCOC(=O)CN(c1ncc(Cl)cc1Cl)C(C)C. The molecule has 0 fully saturated rings. The van der Waals surface area contributed by atoms with Gasteiger partial charge in [-0.15, -0.1) is 0 Å². The van der Waals surface area contributed by atoms with Gasteiger partial charge in [0, 0.05) is 12.2 Å². The molecule has 0 spiro atoms. The molecule has 100 valence electrons. The largest absolute Gasteiger partial charge is 0.465 e. The van der Waals surface area contributed by atoms with E-state index in [1.54, 1.807) is 17.9 Å². The predicted octanol–water partition coefficient (Wildman–Crippen LogP) is 3.17. The van der Waals surface area contributed by atoms with Gasteiger partial charge in [0.15, 0.2) is 0 Å². The van der Waals surface area contributed by atoms with Crippen LogP contribution in [0.25, 0.3) is 0 Å². The zero-order valence-corrected chi connectivity index (χ0v) is 12.1. The number of halogens is 2. The van der Waals surface area contributed by atoms with Crippen LogP contribution in [0.2, 0.25) is 10.0 Å². The Morgan fingerprint density at radius 1 is 1.50 bits per heavy atom. The molecule has 0 aliphatic heterocycles. The van der Waals surface area contributed by atoms with E-state index >= 15 is 0 Å². The van der Waals surface area contributed by atoms with Crippen molar-refractivity contribution < 1.29 is 9.53 Å². The van der Waals surface area contributed by atoms with E-state index in [-0.39, 0.29) is 18.6 Å². The van der Waals surface area contributed by atoms with Gasteiger partial charge in [0.1, 0.15) is 12.4 Å². The lowest BCUT2D eigenvalue weighted by molar-refractivity contribution is -0.141. The van der Waals surface area contributed by atoms with Crippen LogP contribution >= 0.6 is 23.2 Å². The van der Waals surface area contributed by atoms with Crippen molar-refractivity contribution in [2.45, 2.75) is 26.8 Å². The van der Waals surface area contributed by atoms with Gasteiger partial charge in [-0.2, -0.15) is 0 Å². The molecule has 0 unspecified atom stereocenters. The topological polar surface area (TPSA) is 42.4 Å². The smallest absolute Gasteiger partial charge is 0.325 e. The standard InChI is InChI=1S/C12H16Cl2N2O2/c1-4-18-11(17)7-16(8(2)3)12-10(14)5-9(13)6-15-12/h5-6,8H,4,7H2,1-3H3. The Hall–Kier alpha value is -1.000. The van der Waals surface area contributed by atoms with E-state index in [0.717, 1.165) is 0 Å². The summed E-state index contributed by atoms with van der Waals surface area (Å²) in [5.41, 5.74) is 0. The quantitative estimate of drug-likeness (QED) is 0.781. The summed E-state index contributed by atoms with van der Waals surface area (Å²) in [6.45, 7) is 6.13. The Balaban J connectivity index is 2.94. The van der Waals surface area contributed by atoms with Crippen molar-refractivity contribution in [3.63, 3.8) is 0 Å². The summed E-state index contributed by atoms with van der Waals surface area (Å²) >= 11 is 11.9. The van der Waals surface area contributed by atoms with Crippen molar-refractivity contribution in [2.75, 3.05) is 18.1 Å². The number of hydrogen-bond acceptors (Lipinski definition) is 4. The number of carbonyl (C=O) groups excluding carboxylic acids is 1. The van der Waals surface area contributed by atoms with Crippen LogP contribution in [0.15, 0.2) is 12.3 Å². The Bertz CT molecular complexity index is 425. The number of pyridine rings is 1. The number of carbonyl (C=O) groups is 1. The molecule has 4 nitrogen and oxygen atoms in total. The zero-order chi connectivity index (χ0) is 13.7. The Morgan fingerprint density at radius 3 is 2.67 bits per heavy atom. The van der Waals surface area contributed by atoms with E-state index in [1.807, 2.05) is 13.8 Å². The lowest BCUT2D eigenvalue weighted by Crippen LogP contribution is -2.37. The van der Waals surface area contributed by atoms with Crippen LogP contribution in [0, 0.1) is 0 Å². The summed E-state index contributed by atoms with van der Waals surface area (Å²) in [5, 5.41) is 0.879. The van der Waals surface area contributed by atoms with Crippen LogP contribution < -0.4 is 4.90 Å². The fraction of sp³-hybridized carbons (Fsp3) is 0.500. The Kier molecular flexibility index (Phi) is 5.69. The predicted molar refractivity (Wildman–Crippen MR) is 73.4 cm³/mol. The second-order valence-electron chi connectivity index (χ2n) is 3.99. The minimum atomic E-state index is -0.306. The average Bonchev–Trinajstić information content (AvgIpc) is 2.27. The van der Waals surface area contributed by atoms with Crippen LogP contribution in [0.1, 0.15) is 20.8 Å². The third-order valence-electron chi connectivity index (χ3n) is 2.29. The second kappa shape index (κ2) is 6.81. The zero-order valence-electron chi connectivity index (χ0n) is 10.6. The molecule has 0 aliphatic carbocycles. The Labute approximate surface area is 117 Å². The molecule has 0 radical (unpaired) electrons. The van der Waals surface area contributed by atoms with Crippen molar-refractivity contribution in [3.05, 3.63) is 22.3 Å². The number of aromatic nitrogens is 1. The number of hydrogen-bond donors (Lipinski definition) is 0. The molecule has 1 aromatic heterocycles. The molecule has 0 N–H and O–H groups in total. The highest BCUT2D eigenvalue weighted by Gasteiger charge is 2.19. The number of esters is 1. The van der Waals surface area contributed by atoms with Gasteiger partial charge < -0.3 is 9.64 Å². The highest BCUT2D eigenvalue weighted by atomic mass is 35.5. The fourth-order valence-corrected chi connectivity index (χ4v) is 1.96. The van der Waals surface area contributed by atoms with Gasteiger partial charge in [-0.1, -0.05) is 23.2 Å². The summed E-state index contributed by atoms with van der Waals surface area (Å²) in [5.74, 6) is 0.225. The maximum Gasteiger partial charge on any atom is 0.325 e. The normalized spacial score (nSPS) is 10.6. The van der Waals surface area contributed by atoms with E-state index < -0.39 is 0 Å². The van der Waals surface area contributed by atoms with Crippen LogP contribution in [-0.4, -0.2) is 30.1 Å². The molecule has 18 heavy (non-hydrogen) atoms. The van der Waals surface area contributed by atoms with Gasteiger partial charge in [-0.25, -0.2) is 4.98 Å². The minimum absolute atomic E-state index is 0.0700. The second-order valence-corrected chi connectivity index (χ2v) is 4.83. The van der Waals surface area contributed by atoms with Gasteiger partial charge in [0.05, 0.1) is 16.7 Å². The molecule has 1 heterocycles. The lowest BCUT2D eigenvalue weighted by Gasteiger charge is -2.27. The number of nitrogens with zero attached hydrogens (tertiary/aromatic N) is 2. The summed E-state index contributed by atoms with van der Waals surface area (Å²) in [6, 6.07) is 1.67. The van der Waals surface area contributed by atoms with Gasteiger partial charge in [-0.3, -0.25) is 4.79 Å². The van der Waals surface area contributed by atoms with Crippen LogP contribution in [0.5, 0.6) is 0 Å². The molecule has 0 aliphatic rings. The molecule has 0 amide bonds. The van der Waals surface area contributed by atoms with Crippen molar-refractivity contribution in [1.29, 1.82) is 0 Å². The summed E-state index contributed by atoms with van der Waals surface area (Å²) in [6.07, 6.45) is 1.50. The van der Waals surface area contributed by atoms with Crippen LogP contribution in [0.3, 0.4) is 0 Å². The van der Waals surface area contributed by atoms with Crippen LogP contribution in [-0.2, 0) is 9.53 Å². The van der Waals surface area contributed by atoms with Gasteiger partial charge in [0.25, 0.3) is 0 Å². The van der Waals surface area contributed by atoms with Crippen molar-refractivity contribution >= 4 is 35.0 Å². The number of ether oxygens (including phenoxy) is 1. The number of anilines is 1. The maximum absolute atomic E-state index is 11.5. The van der Waals surface area contributed by atoms with E-state index in [9.17, 15) is 4.79 Å². The first kappa shape index (κ1) is 15.1. The first-order valence-electron chi connectivity index (χ1n) is 5.69. The molecule has 0 aromatic carbocycles. The third kappa shape index (κ3) is 4.03. The van der Waals surface area contributed by atoms with Gasteiger partial charge in [-0.05, 0) is 26.8 Å². The lowest BCUT2D eigenvalue weighted by atomic mass is 10.3. The molecule has 0 atom stereocenters. The third-order valence-corrected chi connectivity index (χ3v) is 2.77. The van der Waals surface area contributed by atoms with Crippen molar-refractivity contribution in [1.82, 2.24) is 4.98 Å². The van der Waals surface area contributed by atoms with E-state index in [4.69, 9.17) is 27.9 Å². The minimum Gasteiger partial charge on any atom is -0.465 e. The van der Waals surface area contributed by atoms with E-state index in [1.165, 1.54) is 6.20 Å². The first-order valence-corrected chi connectivity index (χ1v) is 6.44. The Morgan fingerprint density at radius 2 is 2.17 bits per heavy atom. The highest BCUT2D eigenvalue weighted by Crippen LogP contribution is 2.27. The number of rotatable bonds is 5.